The number of ether oxygens (including phenoxy) is 1. The third kappa shape index (κ3) is 5.38. The maximum absolute atomic E-state index is 12.8. The summed E-state index contributed by atoms with van der Waals surface area (Å²) in [6.07, 6.45) is 0. The molecule has 3 aromatic rings. The van der Waals surface area contributed by atoms with Crippen molar-refractivity contribution in [2.24, 2.45) is 0 Å². The van der Waals surface area contributed by atoms with Gasteiger partial charge < -0.3 is 15.4 Å². The monoisotopic (exact) mass is 436 g/mol. The number of rotatable bonds is 7. The number of amides is 2. The van der Waals surface area contributed by atoms with Gasteiger partial charge in [0, 0.05) is 12.1 Å². The first-order valence-corrected chi connectivity index (χ1v) is 10.7. The van der Waals surface area contributed by atoms with Crippen LogP contribution in [0.3, 0.4) is 0 Å². The highest BCUT2D eigenvalue weighted by atomic mass is 32.1. The van der Waals surface area contributed by atoms with Crippen LogP contribution in [0.15, 0.2) is 54.6 Å². The Morgan fingerprint density at radius 2 is 1.61 bits per heavy atom. The Morgan fingerprint density at radius 1 is 0.935 bits per heavy atom. The van der Waals surface area contributed by atoms with E-state index in [2.05, 4.69) is 10.6 Å². The Kier molecular flexibility index (Phi) is 7.20. The summed E-state index contributed by atoms with van der Waals surface area (Å²) in [6, 6.07) is 16.6. The number of aryl methyl sites for hydroxylation is 1. The first kappa shape index (κ1) is 22.2. The van der Waals surface area contributed by atoms with Gasteiger partial charge >= 0.3 is 5.97 Å². The lowest BCUT2D eigenvalue weighted by molar-refractivity contribution is 0.0527. The number of esters is 1. The molecule has 160 valence electrons. The molecule has 0 radical (unpaired) electrons. The van der Waals surface area contributed by atoms with Crippen LogP contribution in [0, 0.1) is 13.8 Å². The Hall–Kier alpha value is -3.45. The standard InChI is InChI=1S/C24H24N2O4S/c1-4-30-24(29)19-16(3)20(22(28)25-14-17-8-6-5-7-9-17)31-23(19)26-21(27)18-12-10-15(2)11-13-18/h5-13H,4,14H2,1-3H3,(H,25,28)(H,26,27). The largest absolute Gasteiger partial charge is 0.462 e. The van der Waals surface area contributed by atoms with Crippen molar-refractivity contribution in [2.75, 3.05) is 11.9 Å². The molecular weight excluding hydrogens is 412 g/mol. The van der Waals surface area contributed by atoms with Gasteiger partial charge in [-0.05, 0) is 44.0 Å². The van der Waals surface area contributed by atoms with E-state index in [0.717, 1.165) is 22.5 Å². The van der Waals surface area contributed by atoms with Crippen LogP contribution in [0.1, 0.15) is 54.0 Å². The number of thiophene rings is 1. The molecule has 1 heterocycles. The van der Waals surface area contributed by atoms with E-state index < -0.39 is 5.97 Å². The van der Waals surface area contributed by atoms with Crippen LogP contribution in [0.2, 0.25) is 0 Å². The molecule has 3 rings (SSSR count). The number of hydrogen-bond donors (Lipinski definition) is 2. The summed E-state index contributed by atoms with van der Waals surface area (Å²) in [5, 5.41) is 5.94. The molecule has 0 fully saturated rings. The number of nitrogens with one attached hydrogen (secondary N) is 2. The molecule has 2 N–H and O–H groups in total. The summed E-state index contributed by atoms with van der Waals surface area (Å²) in [5.41, 5.74) is 3.14. The van der Waals surface area contributed by atoms with Crippen molar-refractivity contribution in [1.82, 2.24) is 5.32 Å². The third-order valence-electron chi connectivity index (χ3n) is 4.67. The van der Waals surface area contributed by atoms with E-state index in [1.54, 1.807) is 26.0 Å². The van der Waals surface area contributed by atoms with Crippen molar-refractivity contribution in [1.29, 1.82) is 0 Å². The van der Waals surface area contributed by atoms with Gasteiger partial charge in [0.2, 0.25) is 0 Å². The van der Waals surface area contributed by atoms with E-state index in [4.69, 9.17) is 4.74 Å². The fourth-order valence-corrected chi connectivity index (χ4v) is 4.11. The summed E-state index contributed by atoms with van der Waals surface area (Å²) >= 11 is 1.06. The molecule has 0 bridgehead atoms. The zero-order valence-electron chi connectivity index (χ0n) is 17.7. The highest BCUT2D eigenvalue weighted by Gasteiger charge is 2.26. The lowest BCUT2D eigenvalue weighted by Gasteiger charge is -2.07. The minimum Gasteiger partial charge on any atom is -0.462 e. The second kappa shape index (κ2) is 10.0. The maximum Gasteiger partial charge on any atom is 0.341 e. The fraction of sp³-hybridized carbons (Fsp3) is 0.208. The van der Waals surface area contributed by atoms with E-state index in [0.29, 0.717) is 27.5 Å². The molecule has 0 aliphatic rings. The average Bonchev–Trinajstić information content (AvgIpc) is 3.09. The van der Waals surface area contributed by atoms with Gasteiger partial charge in [0.05, 0.1) is 17.0 Å². The Balaban J connectivity index is 1.86. The molecule has 0 aliphatic heterocycles. The van der Waals surface area contributed by atoms with Gasteiger partial charge in [0.1, 0.15) is 5.00 Å². The van der Waals surface area contributed by atoms with E-state index in [1.165, 1.54) is 0 Å². The zero-order valence-corrected chi connectivity index (χ0v) is 18.5. The second-order valence-corrected chi connectivity index (χ2v) is 7.99. The minimum absolute atomic E-state index is 0.189. The van der Waals surface area contributed by atoms with E-state index in [1.807, 2.05) is 49.4 Å². The minimum atomic E-state index is -0.572. The Labute approximate surface area is 185 Å². The molecule has 0 unspecified atom stereocenters. The number of carbonyl (C=O) groups is 3. The maximum atomic E-state index is 12.8. The molecule has 0 atom stereocenters. The molecule has 0 saturated heterocycles. The molecule has 0 spiro atoms. The number of carbonyl (C=O) groups excluding carboxylic acids is 3. The van der Waals surface area contributed by atoms with E-state index >= 15 is 0 Å². The van der Waals surface area contributed by atoms with Gasteiger partial charge in [-0.15, -0.1) is 11.3 Å². The van der Waals surface area contributed by atoms with Crippen LogP contribution in [0.25, 0.3) is 0 Å². The lowest BCUT2D eigenvalue weighted by atomic mass is 10.1. The molecule has 2 amide bonds. The van der Waals surface area contributed by atoms with Crippen LogP contribution >= 0.6 is 11.3 Å². The van der Waals surface area contributed by atoms with Gasteiger partial charge in [-0.3, -0.25) is 9.59 Å². The van der Waals surface area contributed by atoms with Gasteiger partial charge in [-0.25, -0.2) is 4.79 Å². The summed E-state index contributed by atoms with van der Waals surface area (Å²) in [5.74, 6) is -1.24. The lowest BCUT2D eigenvalue weighted by Crippen LogP contribution is -2.22. The molecule has 7 heteroatoms. The van der Waals surface area contributed by atoms with Gasteiger partial charge in [0.25, 0.3) is 11.8 Å². The summed E-state index contributed by atoms with van der Waals surface area (Å²) in [4.78, 5) is 38.4. The molecule has 31 heavy (non-hydrogen) atoms. The summed E-state index contributed by atoms with van der Waals surface area (Å²) in [6.45, 7) is 5.87. The zero-order chi connectivity index (χ0) is 22.4. The predicted molar refractivity (Wildman–Crippen MR) is 122 cm³/mol. The second-order valence-electron chi connectivity index (χ2n) is 6.97. The van der Waals surface area contributed by atoms with Crippen molar-refractivity contribution in [3.8, 4) is 0 Å². The van der Waals surface area contributed by atoms with Crippen molar-refractivity contribution in [3.63, 3.8) is 0 Å². The Morgan fingerprint density at radius 3 is 2.26 bits per heavy atom. The molecule has 2 aromatic carbocycles. The van der Waals surface area contributed by atoms with Crippen LogP contribution in [0.5, 0.6) is 0 Å². The molecule has 0 aliphatic carbocycles. The van der Waals surface area contributed by atoms with Crippen LogP contribution in [-0.2, 0) is 11.3 Å². The number of benzene rings is 2. The summed E-state index contributed by atoms with van der Waals surface area (Å²) < 4.78 is 5.16. The highest BCUT2D eigenvalue weighted by Crippen LogP contribution is 2.34. The predicted octanol–water partition coefficient (Wildman–Crippen LogP) is 4.72. The Bertz CT molecular complexity index is 1090. The third-order valence-corrected chi connectivity index (χ3v) is 5.88. The van der Waals surface area contributed by atoms with Crippen molar-refractivity contribution >= 4 is 34.1 Å². The van der Waals surface area contributed by atoms with Crippen LogP contribution in [0.4, 0.5) is 5.00 Å². The van der Waals surface area contributed by atoms with Crippen molar-refractivity contribution in [2.45, 2.75) is 27.3 Å². The van der Waals surface area contributed by atoms with Crippen LogP contribution < -0.4 is 10.6 Å². The molecular formula is C24H24N2O4S. The summed E-state index contributed by atoms with van der Waals surface area (Å²) in [7, 11) is 0. The highest BCUT2D eigenvalue weighted by molar-refractivity contribution is 7.18. The first-order chi connectivity index (χ1) is 14.9. The van der Waals surface area contributed by atoms with E-state index in [9.17, 15) is 14.4 Å². The molecule has 0 saturated carbocycles. The SMILES string of the molecule is CCOC(=O)c1c(NC(=O)c2ccc(C)cc2)sc(C(=O)NCc2ccccc2)c1C. The topological polar surface area (TPSA) is 84.5 Å². The quantitative estimate of drug-likeness (QED) is 0.525. The van der Waals surface area contributed by atoms with Gasteiger partial charge in [-0.1, -0.05) is 48.0 Å². The first-order valence-electron chi connectivity index (χ1n) is 9.91. The fourth-order valence-electron chi connectivity index (χ4n) is 3.01. The molecule has 1 aromatic heterocycles. The number of hydrogen-bond acceptors (Lipinski definition) is 5. The smallest absolute Gasteiger partial charge is 0.341 e. The van der Waals surface area contributed by atoms with Gasteiger partial charge in [0.15, 0.2) is 0 Å². The molecule has 6 nitrogen and oxygen atoms in total. The number of anilines is 1. The van der Waals surface area contributed by atoms with Crippen molar-refractivity contribution < 1.29 is 19.1 Å². The van der Waals surface area contributed by atoms with Gasteiger partial charge in [-0.2, -0.15) is 0 Å². The van der Waals surface area contributed by atoms with E-state index in [-0.39, 0.29) is 24.0 Å². The normalized spacial score (nSPS) is 10.4. The van der Waals surface area contributed by atoms with Crippen molar-refractivity contribution in [3.05, 3.63) is 87.3 Å². The van der Waals surface area contributed by atoms with Crippen LogP contribution in [-0.4, -0.2) is 24.4 Å². The average molecular weight is 437 g/mol.